The van der Waals surface area contributed by atoms with Crippen LogP contribution in [-0.4, -0.2) is 18.2 Å². The summed E-state index contributed by atoms with van der Waals surface area (Å²) in [5.74, 6) is 0.267. The molecule has 0 amide bonds. The quantitative estimate of drug-likeness (QED) is 0.766. The van der Waals surface area contributed by atoms with Crippen LogP contribution in [0, 0.1) is 6.92 Å². The lowest BCUT2D eigenvalue weighted by atomic mass is 10.1. The number of methoxy groups -OCH3 is 1. The Morgan fingerprint density at radius 2 is 2.18 bits per heavy atom. The van der Waals surface area contributed by atoms with E-state index in [1.165, 1.54) is 13.2 Å². The van der Waals surface area contributed by atoms with Gasteiger partial charge in [-0.3, -0.25) is 4.79 Å². The zero-order chi connectivity index (χ0) is 12.8. The van der Waals surface area contributed by atoms with Crippen LogP contribution in [0.3, 0.4) is 0 Å². The molecule has 0 aliphatic rings. The van der Waals surface area contributed by atoms with Crippen LogP contribution in [0.25, 0.3) is 0 Å². The highest BCUT2D eigenvalue weighted by molar-refractivity contribution is 5.66. The van der Waals surface area contributed by atoms with Gasteiger partial charge < -0.3 is 14.3 Å². The highest BCUT2D eigenvalue weighted by atomic mass is 16.5. The minimum absolute atomic E-state index is 0.132. The van der Waals surface area contributed by atoms with Gasteiger partial charge in [0.25, 0.3) is 0 Å². The minimum atomic E-state index is -0.811. The highest BCUT2D eigenvalue weighted by Gasteiger charge is 2.09. The Kier molecular flexibility index (Phi) is 4.75. The predicted molar refractivity (Wildman–Crippen MR) is 61.5 cm³/mol. The highest BCUT2D eigenvalue weighted by Crippen LogP contribution is 2.20. The first-order valence-electron chi connectivity index (χ1n) is 5.44. The third-order valence-electron chi connectivity index (χ3n) is 2.52. The van der Waals surface area contributed by atoms with E-state index in [9.17, 15) is 9.59 Å². The molecule has 0 atom stereocenters. The van der Waals surface area contributed by atoms with Crippen LogP contribution in [0.2, 0.25) is 0 Å². The van der Waals surface area contributed by atoms with E-state index in [4.69, 9.17) is 14.3 Å². The second-order valence-electron chi connectivity index (χ2n) is 3.78. The van der Waals surface area contributed by atoms with Crippen molar-refractivity contribution in [3.05, 3.63) is 27.8 Å². The van der Waals surface area contributed by atoms with Crippen LogP contribution in [-0.2, 0) is 11.2 Å². The summed E-state index contributed by atoms with van der Waals surface area (Å²) in [4.78, 5) is 21.6. The normalized spacial score (nSPS) is 10.2. The maximum Gasteiger partial charge on any atom is 0.339 e. The molecule has 5 heteroatoms. The topological polar surface area (TPSA) is 76.7 Å². The molecule has 0 saturated heterocycles. The third-order valence-corrected chi connectivity index (χ3v) is 2.52. The summed E-state index contributed by atoms with van der Waals surface area (Å²) in [5, 5.41) is 8.50. The van der Waals surface area contributed by atoms with E-state index < -0.39 is 11.6 Å². The van der Waals surface area contributed by atoms with Crippen molar-refractivity contribution in [2.45, 2.75) is 32.6 Å². The van der Waals surface area contributed by atoms with Gasteiger partial charge in [-0.25, -0.2) is 4.79 Å². The summed E-state index contributed by atoms with van der Waals surface area (Å²) in [6, 6.07) is 1.30. The lowest BCUT2D eigenvalue weighted by Crippen LogP contribution is -2.05. The van der Waals surface area contributed by atoms with E-state index in [0.717, 1.165) is 5.56 Å². The molecular weight excluding hydrogens is 224 g/mol. The van der Waals surface area contributed by atoms with E-state index in [1.807, 2.05) is 6.92 Å². The van der Waals surface area contributed by atoms with E-state index in [2.05, 4.69) is 0 Å². The van der Waals surface area contributed by atoms with Crippen molar-refractivity contribution in [2.75, 3.05) is 7.11 Å². The second kappa shape index (κ2) is 6.08. The molecule has 17 heavy (non-hydrogen) atoms. The van der Waals surface area contributed by atoms with Gasteiger partial charge in [0, 0.05) is 18.4 Å². The molecule has 94 valence electrons. The number of ether oxygens (including phenoxy) is 1. The Hall–Kier alpha value is -1.78. The summed E-state index contributed by atoms with van der Waals surface area (Å²) < 4.78 is 10.1. The SMILES string of the molecule is COc1cc(=O)oc(CCCCC(=O)O)c1C. The number of hydrogen-bond donors (Lipinski definition) is 1. The Balaban J connectivity index is 2.67. The summed E-state index contributed by atoms with van der Waals surface area (Å²) in [5.41, 5.74) is 0.350. The Bertz CT molecular complexity index is 447. The second-order valence-corrected chi connectivity index (χ2v) is 3.78. The fraction of sp³-hybridized carbons (Fsp3) is 0.500. The van der Waals surface area contributed by atoms with Gasteiger partial charge in [-0.05, 0) is 19.8 Å². The maximum atomic E-state index is 11.2. The first kappa shape index (κ1) is 13.3. The molecular formula is C12H16O5. The van der Waals surface area contributed by atoms with Gasteiger partial charge in [0.05, 0.1) is 13.2 Å². The smallest absolute Gasteiger partial charge is 0.339 e. The van der Waals surface area contributed by atoms with Gasteiger partial charge in [0.1, 0.15) is 11.5 Å². The van der Waals surface area contributed by atoms with Crippen LogP contribution in [0.1, 0.15) is 30.6 Å². The lowest BCUT2D eigenvalue weighted by molar-refractivity contribution is -0.137. The van der Waals surface area contributed by atoms with Gasteiger partial charge in [-0.2, -0.15) is 0 Å². The van der Waals surface area contributed by atoms with Gasteiger partial charge in [-0.1, -0.05) is 0 Å². The zero-order valence-corrected chi connectivity index (χ0v) is 9.99. The fourth-order valence-corrected chi connectivity index (χ4v) is 1.59. The number of rotatable bonds is 6. The van der Waals surface area contributed by atoms with E-state index in [-0.39, 0.29) is 6.42 Å². The number of aryl methyl sites for hydroxylation is 1. The molecule has 0 spiro atoms. The van der Waals surface area contributed by atoms with E-state index in [1.54, 1.807) is 0 Å². The number of carboxylic acids is 1. The zero-order valence-electron chi connectivity index (χ0n) is 9.99. The number of hydrogen-bond acceptors (Lipinski definition) is 4. The Morgan fingerprint density at radius 1 is 1.47 bits per heavy atom. The van der Waals surface area contributed by atoms with E-state index >= 15 is 0 Å². The Labute approximate surface area is 99.0 Å². The van der Waals surface area contributed by atoms with Crippen molar-refractivity contribution >= 4 is 5.97 Å². The molecule has 0 saturated carbocycles. The van der Waals surface area contributed by atoms with Crippen molar-refractivity contribution in [3.63, 3.8) is 0 Å². The largest absolute Gasteiger partial charge is 0.496 e. The third kappa shape index (κ3) is 3.94. The molecule has 0 bridgehead atoms. The molecule has 0 fully saturated rings. The minimum Gasteiger partial charge on any atom is -0.496 e. The van der Waals surface area contributed by atoms with E-state index in [0.29, 0.717) is 30.8 Å². The average molecular weight is 240 g/mol. The molecule has 1 aromatic heterocycles. The van der Waals surface area contributed by atoms with Crippen molar-refractivity contribution in [2.24, 2.45) is 0 Å². The van der Waals surface area contributed by atoms with Crippen molar-refractivity contribution in [1.29, 1.82) is 0 Å². The molecule has 1 rings (SSSR count). The average Bonchev–Trinajstić information content (AvgIpc) is 2.28. The number of unbranched alkanes of at least 4 members (excludes halogenated alkanes) is 1. The summed E-state index contributed by atoms with van der Waals surface area (Å²) in [6.07, 6.45) is 1.91. The molecule has 0 aromatic carbocycles. The first-order chi connectivity index (χ1) is 8.04. The van der Waals surface area contributed by atoms with Gasteiger partial charge >= 0.3 is 11.6 Å². The summed E-state index contributed by atoms with van der Waals surface area (Å²) in [7, 11) is 1.50. The monoisotopic (exact) mass is 240 g/mol. The molecule has 1 aromatic rings. The Morgan fingerprint density at radius 3 is 2.76 bits per heavy atom. The molecule has 1 heterocycles. The van der Waals surface area contributed by atoms with Crippen LogP contribution in [0.15, 0.2) is 15.3 Å². The molecule has 0 aliphatic heterocycles. The summed E-state index contributed by atoms with van der Waals surface area (Å²) in [6.45, 7) is 1.81. The van der Waals surface area contributed by atoms with Crippen LogP contribution < -0.4 is 10.4 Å². The molecule has 1 N–H and O–H groups in total. The van der Waals surface area contributed by atoms with Gasteiger partial charge in [-0.15, -0.1) is 0 Å². The van der Waals surface area contributed by atoms with Gasteiger partial charge in [0.15, 0.2) is 0 Å². The lowest BCUT2D eigenvalue weighted by Gasteiger charge is -2.07. The van der Waals surface area contributed by atoms with Crippen molar-refractivity contribution < 1.29 is 19.1 Å². The molecule has 0 radical (unpaired) electrons. The maximum absolute atomic E-state index is 11.2. The standard InChI is InChI=1S/C12H16O5/c1-8-9(5-3-4-6-11(13)14)17-12(15)7-10(8)16-2/h7H,3-6H2,1-2H3,(H,13,14). The number of carbonyl (C=O) groups is 1. The molecule has 0 unspecified atom stereocenters. The summed E-state index contributed by atoms with van der Waals surface area (Å²) >= 11 is 0. The number of carboxylic acid groups (broad SMARTS) is 1. The first-order valence-corrected chi connectivity index (χ1v) is 5.44. The van der Waals surface area contributed by atoms with Crippen LogP contribution in [0.5, 0.6) is 5.75 Å². The fourth-order valence-electron chi connectivity index (χ4n) is 1.59. The van der Waals surface area contributed by atoms with Crippen molar-refractivity contribution in [1.82, 2.24) is 0 Å². The van der Waals surface area contributed by atoms with Crippen molar-refractivity contribution in [3.8, 4) is 5.75 Å². The molecule has 5 nitrogen and oxygen atoms in total. The van der Waals surface area contributed by atoms with Crippen LogP contribution >= 0.6 is 0 Å². The predicted octanol–water partition coefficient (Wildman–Crippen LogP) is 1.75. The van der Waals surface area contributed by atoms with Gasteiger partial charge in [0.2, 0.25) is 0 Å². The molecule has 0 aliphatic carbocycles. The number of aliphatic carboxylic acids is 1. The van der Waals surface area contributed by atoms with Crippen LogP contribution in [0.4, 0.5) is 0 Å².